The van der Waals surface area contributed by atoms with Crippen molar-refractivity contribution in [1.29, 1.82) is 0 Å². The number of carboxylic acid groups (broad SMARTS) is 2. The van der Waals surface area contributed by atoms with Crippen molar-refractivity contribution in [3.05, 3.63) is 29.8 Å². The molecule has 1 aromatic rings. The van der Waals surface area contributed by atoms with E-state index in [-0.39, 0.29) is 18.6 Å². The number of hydrogen-bond acceptors (Lipinski definition) is 8. The first-order chi connectivity index (χ1) is 15.4. The first-order valence-electron chi connectivity index (χ1n) is 9.94. The molecule has 0 aliphatic heterocycles. The maximum Gasteiger partial charge on any atom is 0.328 e. The van der Waals surface area contributed by atoms with Crippen molar-refractivity contribution in [1.82, 2.24) is 16.0 Å². The van der Waals surface area contributed by atoms with Gasteiger partial charge < -0.3 is 42.1 Å². The van der Waals surface area contributed by atoms with Crippen molar-refractivity contribution in [2.45, 2.75) is 50.4 Å². The number of aliphatic carboxylic acids is 2. The van der Waals surface area contributed by atoms with Crippen molar-refractivity contribution in [3.8, 4) is 5.75 Å². The molecule has 0 aliphatic carbocycles. The first-order valence-corrected chi connectivity index (χ1v) is 9.94. The third-order valence-electron chi connectivity index (χ3n) is 4.50. The van der Waals surface area contributed by atoms with Crippen LogP contribution >= 0.6 is 0 Å². The number of carboxylic acids is 2. The van der Waals surface area contributed by atoms with Gasteiger partial charge in [-0.05, 0) is 37.5 Å². The number of benzene rings is 1. The van der Waals surface area contributed by atoms with Crippen LogP contribution in [0.2, 0.25) is 0 Å². The fourth-order valence-corrected chi connectivity index (χ4v) is 2.70. The Labute approximate surface area is 189 Å². The summed E-state index contributed by atoms with van der Waals surface area (Å²) in [5.74, 6) is -5.22. The summed E-state index contributed by atoms with van der Waals surface area (Å²) in [6.07, 6.45) is -2.17. The number of hydrogen-bond donors (Lipinski definition) is 8. The highest BCUT2D eigenvalue weighted by molar-refractivity contribution is 5.92. The molecule has 3 amide bonds. The highest BCUT2D eigenvalue weighted by atomic mass is 16.4. The van der Waals surface area contributed by atoms with Gasteiger partial charge in [-0.15, -0.1) is 0 Å². The van der Waals surface area contributed by atoms with Crippen LogP contribution in [0.4, 0.5) is 0 Å². The van der Waals surface area contributed by atoms with Gasteiger partial charge >= 0.3 is 11.9 Å². The molecular formula is C20H28N4O9. The van der Waals surface area contributed by atoms with Crippen molar-refractivity contribution >= 4 is 29.7 Å². The second kappa shape index (κ2) is 13.0. The van der Waals surface area contributed by atoms with Crippen molar-refractivity contribution in [2.24, 2.45) is 5.73 Å². The summed E-state index contributed by atoms with van der Waals surface area (Å²) in [5, 5.41) is 43.2. The zero-order chi connectivity index (χ0) is 25.1. The molecule has 13 heteroatoms. The molecule has 1 aromatic carbocycles. The number of rotatable bonds is 13. The van der Waals surface area contributed by atoms with Gasteiger partial charge in [-0.3, -0.25) is 19.2 Å². The average Bonchev–Trinajstić information content (AvgIpc) is 2.73. The van der Waals surface area contributed by atoms with E-state index >= 15 is 0 Å². The van der Waals surface area contributed by atoms with E-state index in [2.05, 4.69) is 10.6 Å². The topological polar surface area (TPSA) is 228 Å². The molecule has 1 rings (SSSR count). The van der Waals surface area contributed by atoms with E-state index in [0.29, 0.717) is 5.56 Å². The van der Waals surface area contributed by atoms with Gasteiger partial charge in [0, 0.05) is 6.42 Å². The number of nitrogens with two attached hydrogens (primary N) is 1. The average molecular weight is 468 g/mol. The van der Waals surface area contributed by atoms with Gasteiger partial charge in [0.2, 0.25) is 17.7 Å². The lowest BCUT2D eigenvalue weighted by Gasteiger charge is -2.22. The lowest BCUT2D eigenvalue weighted by Crippen LogP contribution is -2.56. The number of carbonyl (C=O) groups excluding carboxylic acids is 3. The standard InChI is InChI=1S/C20H28N4O9/c1-10(25)17(20(32)33)24-19(31)14(6-7-16(28)29)23-15(27)9-22-18(30)13(21)8-11-2-4-12(26)5-3-11/h2-5,10,13-14,17,25-26H,6-9,21H2,1H3,(H,22,30)(H,23,27)(H,24,31)(H,28,29)(H,32,33). The van der Waals surface area contributed by atoms with Gasteiger partial charge in [0.05, 0.1) is 18.7 Å². The molecule has 4 atom stereocenters. The number of phenols is 1. The van der Waals surface area contributed by atoms with Gasteiger partial charge in [-0.2, -0.15) is 0 Å². The van der Waals surface area contributed by atoms with Crippen LogP contribution in [-0.4, -0.2) is 80.9 Å². The Kier molecular flexibility index (Phi) is 10.7. The van der Waals surface area contributed by atoms with E-state index in [1.807, 2.05) is 5.32 Å². The number of nitrogens with one attached hydrogen (secondary N) is 3. The normalized spacial score (nSPS) is 14.3. The molecule has 33 heavy (non-hydrogen) atoms. The lowest BCUT2D eigenvalue weighted by molar-refractivity contribution is -0.145. The molecule has 0 saturated heterocycles. The van der Waals surface area contributed by atoms with Crippen LogP contribution in [0, 0.1) is 0 Å². The fraction of sp³-hybridized carbons (Fsp3) is 0.450. The Bertz CT molecular complexity index is 858. The first kappa shape index (κ1) is 27.3. The van der Waals surface area contributed by atoms with E-state index in [4.69, 9.17) is 15.9 Å². The molecule has 0 fully saturated rings. The Balaban J connectivity index is 2.67. The summed E-state index contributed by atoms with van der Waals surface area (Å²) < 4.78 is 0. The molecule has 0 bridgehead atoms. The van der Waals surface area contributed by atoms with E-state index in [9.17, 15) is 34.2 Å². The Morgan fingerprint density at radius 3 is 2.12 bits per heavy atom. The van der Waals surface area contributed by atoms with Gasteiger partial charge in [-0.1, -0.05) is 12.1 Å². The Morgan fingerprint density at radius 1 is 1.00 bits per heavy atom. The van der Waals surface area contributed by atoms with Crippen molar-refractivity contribution in [3.63, 3.8) is 0 Å². The Hall–Kier alpha value is -3.71. The summed E-state index contributed by atoms with van der Waals surface area (Å²) in [4.78, 5) is 58.7. The summed E-state index contributed by atoms with van der Waals surface area (Å²) in [6.45, 7) is 0.568. The van der Waals surface area contributed by atoms with E-state index < -0.39 is 66.9 Å². The predicted octanol–water partition coefficient (Wildman–Crippen LogP) is -2.32. The maximum atomic E-state index is 12.4. The van der Waals surface area contributed by atoms with Crippen LogP contribution in [-0.2, 0) is 30.4 Å². The lowest BCUT2D eigenvalue weighted by atomic mass is 10.1. The molecule has 13 nitrogen and oxygen atoms in total. The summed E-state index contributed by atoms with van der Waals surface area (Å²) in [6, 6.07) is 1.94. The molecule has 182 valence electrons. The number of amides is 3. The van der Waals surface area contributed by atoms with E-state index in [1.165, 1.54) is 12.1 Å². The van der Waals surface area contributed by atoms with Gasteiger partial charge in [0.25, 0.3) is 0 Å². The molecule has 4 unspecified atom stereocenters. The zero-order valence-corrected chi connectivity index (χ0v) is 17.9. The van der Waals surface area contributed by atoms with Crippen molar-refractivity contribution < 1.29 is 44.4 Å². The highest BCUT2D eigenvalue weighted by Gasteiger charge is 2.29. The second-order valence-corrected chi connectivity index (χ2v) is 7.31. The number of aromatic hydroxyl groups is 1. The summed E-state index contributed by atoms with van der Waals surface area (Å²) in [5.41, 5.74) is 6.48. The molecule has 0 spiro atoms. The zero-order valence-electron chi connectivity index (χ0n) is 17.9. The van der Waals surface area contributed by atoms with Crippen LogP contribution in [0.1, 0.15) is 25.3 Å². The number of phenolic OH excluding ortho intramolecular Hbond substituents is 1. The maximum absolute atomic E-state index is 12.4. The van der Waals surface area contributed by atoms with E-state index in [0.717, 1.165) is 6.92 Å². The third kappa shape index (κ3) is 9.97. The molecule has 0 aromatic heterocycles. The quantitative estimate of drug-likeness (QED) is 0.154. The summed E-state index contributed by atoms with van der Waals surface area (Å²) >= 11 is 0. The number of carbonyl (C=O) groups is 5. The Morgan fingerprint density at radius 2 is 1.61 bits per heavy atom. The highest BCUT2D eigenvalue weighted by Crippen LogP contribution is 2.10. The van der Waals surface area contributed by atoms with E-state index in [1.54, 1.807) is 12.1 Å². The van der Waals surface area contributed by atoms with Gasteiger partial charge in [0.1, 0.15) is 11.8 Å². The molecule has 0 aliphatic rings. The molecule has 0 saturated carbocycles. The van der Waals surface area contributed by atoms with Gasteiger partial charge in [-0.25, -0.2) is 4.79 Å². The summed E-state index contributed by atoms with van der Waals surface area (Å²) in [7, 11) is 0. The minimum atomic E-state index is -1.67. The molecule has 0 heterocycles. The SMILES string of the molecule is CC(O)C(NC(=O)C(CCC(=O)O)NC(=O)CNC(=O)C(N)Cc1ccc(O)cc1)C(=O)O. The van der Waals surface area contributed by atoms with Crippen LogP contribution in [0.5, 0.6) is 5.75 Å². The molecule has 9 N–H and O–H groups in total. The minimum Gasteiger partial charge on any atom is -0.508 e. The van der Waals surface area contributed by atoms with Crippen LogP contribution in [0.25, 0.3) is 0 Å². The number of aliphatic hydroxyl groups excluding tert-OH is 1. The third-order valence-corrected chi connectivity index (χ3v) is 4.50. The van der Waals surface area contributed by atoms with Crippen LogP contribution in [0.15, 0.2) is 24.3 Å². The van der Waals surface area contributed by atoms with Gasteiger partial charge in [0.15, 0.2) is 6.04 Å². The predicted molar refractivity (Wildman–Crippen MR) is 113 cm³/mol. The second-order valence-electron chi connectivity index (χ2n) is 7.31. The van der Waals surface area contributed by atoms with Crippen molar-refractivity contribution in [2.75, 3.05) is 6.54 Å². The van der Waals surface area contributed by atoms with Crippen LogP contribution in [0.3, 0.4) is 0 Å². The largest absolute Gasteiger partial charge is 0.508 e. The smallest absolute Gasteiger partial charge is 0.328 e. The molecular weight excluding hydrogens is 440 g/mol. The van der Waals surface area contributed by atoms with Crippen LogP contribution < -0.4 is 21.7 Å². The minimum absolute atomic E-state index is 0.0538. The monoisotopic (exact) mass is 468 g/mol. The number of aliphatic hydroxyl groups is 1. The molecule has 0 radical (unpaired) electrons. The fourth-order valence-electron chi connectivity index (χ4n) is 2.70.